The van der Waals surface area contributed by atoms with Gasteiger partial charge < -0.3 is 15.1 Å². The van der Waals surface area contributed by atoms with Crippen LogP contribution in [0.25, 0.3) is 44.2 Å². The number of para-hydroxylation sites is 1. The van der Waals surface area contributed by atoms with Gasteiger partial charge in [0.05, 0.1) is 11.4 Å². The van der Waals surface area contributed by atoms with Crippen LogP contribution in [-0.4, -0.2) is 43.6 Å². The maximum absolute atomic E-state index is 12.1. The first kappa shape index (κ1) is 20.2. The van der Waals surface area contributed by atoms with Gasteiger partial charge in [0.15, 0.2) is 5.65 Å². The minimum absolute atomic E-state index is 0.0178. The summed E-state index contributed by atoms with van der Waals surface area (Å²) in [5, 5.41) is 7.98. The summed E-state index contributed by atoms with van der Waals surface area (Å²) in [5.74, 6) is 1.35. The van der Waals surface area contributed by atoms with Crippen molar-refractivity contribution in [2.75, 3.05) is 18.8 Å². The van der Waals surface area contributed by atoms with Gasteiger partial charge in [-0.15, -0.1) is 0 Å². The van der Waals surface area contributed by atoms with E-state index in [1.807, 2.05) is 33.8 Å². The Morgan fingerprint density at radius 1 is 1.06 bits per heavy atom. The van der Waals surface area contributed by atoms with Gasteiger partial charge in [-0.25, -0.2) is 14.6 Å². The largest absolute Gasteiger partial charge is 0.456 e. The lowest BCUT2D eigenvalue weighted by Gasteiger charge is -2.18. The van der Waals surface area contributed by atoms with Crippen LogP contribution in [0.1, 0.15) is 18.9 Å². The number of carbonyl (C=O) groups is 1. The van der Waals surface area contributed by atoms with Crippen LogP contribution in [0.4, 0.5) is 5.82 Å². The second-order valence-corrected chi connectivity index (χ2v) is 9.65. The van der Waals surface area contributed by atoms with Gasteiger partial charge in [-0.1, -0.05) is 30.8 Å². The zero-order chi connectivity index (χ0) is 23.7. The molecule has 2 aromatic carbocycles. The van der Waals surface area contributed by atoms with Crippen molar-refractivity contribution in [1.82, 2.24) is 24.6 Å². The molecule has 0 spiro atoms. The van der Waals surface area contributed by atoms with E-state index in [9.17, 15) is 4.79 Å². The number of aromatic nitrogens is 4. The molecule has 8 nitrogen and oxygen atoms in total. The van der Waals surface area contributed by atoms with Crippen molar-refractivity contribution in [1.29, 1.82) is 0 Å². The molecule has 5 aromatic rings. The third-order valence-corrected chi connectivity index (χ3v) is 7.73. The van der Waals surface area contributed by atoms with Crippen LogP contribution in [0.3, 0.4) is 0 Å². The Morgan fingerprint density at radius 3 is 2.63 bits per heavy atom. The van der Waals surface area contributed by atoms with Gasteiger partial charge in [0.25, 0.3) is 0 Å². The molecule has 8 heteroatoms. The average molecular weight is 465 g/mol. The summed E-state index contributed by atoms with van der Waals surface area (Å²) >= 11 is 0. The molecular formula is C27H24N6O2. The van der Waals surface area contributed by atoms with Crippen molar-refractivity contribution in [2.24, 2.45) is 11.8 Å². The van der Waals surface area contributed by atoms with Crippen LogP contribution in [0.5, 0.6) is 0 Å². The van der Waals surface area contributed by atoms with Crippen molar-refractivity contribution in [3.63, 3.8) is 0 Å². The molecule has 2 unspecified atom stereocenters. The van der Waals surface area contributed by atoms with Gasteiger partial charge >= 0.3 is 0 Å². The number of carbonyl (C=O) groups excluding carboxylic acids is 1. The zero-order valence-electron chi connectivity index (χ0n) is 19.1. The number of hydrogen-bond donors (Lipinski definition) is 1. The van der Waals surface area contributed by atoms with Crippen LogP contribution >= 0.6 is 0 Å². The lowest BCUT2D eigenvalue weighted by Crippen LogP contribution is -2.28. The Balaban J connectivity index is 1.30. The topological polar surface area (TPSA) is 103 Å². The number of likely N-dealkylation sites (tertiary alicyclic amines) is 1. The maximum Gasteiger partial charge on any atom is 0.245 e. The number of rotatable bonds is 3. The smallest absolute Gasteiger partial charge is 0.245 e. The molecule has 2 fully saturated rings. The molecule has 2 N–H and O–H groups in total. The van der Waals surface area contributed by atoms with E-state index in [-0.39, 0.29) is 11.9 Å². The van der Waals surface area contributed by atoms with Gasteiger partial charge in [0.1, 0.15) is 29.0 Å². The molecule has 2 atom stereocenters. The number of hydrogen-bond acceptors (Lipinski definition) is 6. The minimum atomic E-state index is 0.0178. The number of nitrogens with zero attached hydrogens (tertiary/aromatic N) is 5. The number of nitrogens with two attached hydrogens (primary N) is 1. The zero-order valence-corrected chi connectivity index (χ0v) is 19.1. The van der Waals surface area contributed by atoms with Crippen molar-refractivity contribution in [3.8, 4) is 11.3 Å². The standard InChI is InChI=1S/C27H24N6O2/c1-2-23(34)32-12-16-9-18(10-17(16)13-32)33-27-24(26(28)29-14-30-27)25(31-33)15-7-8-20-19-5-3-4-6-21(19)35-22(20)11-15/h2-8,11,14,16-18H,1,9-10,12-13H2,(H2,28,29,30). The van der Waals surface area contributed by atoms with Gasteiger partial charge in [-0.3, -0.25) is 4.79 Å². The first-order valence-corrected chi connectivity index (χ1v) is 11.9. The molecule has 0 bridgehead atoms. The number of anilines is 1. The van der Waals surface area contributed by atoms with E-state index in [1.165, 1.54) is 12.4 Å². The molecule has 1 aliphatic heterocycles. The number of benzene rings is 2. The van der Waals surface area contributed by atoms with Crippen LogP contribution in [-0.2, 0) is 4.79 Å². The molecule has 1 saturated heterocycles. The molecular weight excluding hydrogens is 440 g/mol. The summed E-state index contributed by atoms with van der Waals surface area (Å²) < 4.78 is 8.15. The van der Waals surface area contributed by atoms with Gasteiger partial charge in [-0.05, 0) is 49.0 Å². The highest BCUT2D eigenvalue weighted by molar-refractivity contribution is 6.07. The summed E-state index contributed by atoms with van der Waals surface area (Å²) in [5.41, 5.74) is 10.5. The number of furan rings is 1. The summed E-state index contributed by atoms with van der Waals surface area (Å²) in [6.45, 7) is 5.18. The second-order valence-electron chi connectivity index (χ2n) is 9.65. The normalized spacial score (nSPS) is 21.8. The van der Waals surface area contributed by atoms with Crippen molar-refractivity contribution in [2.45, 2.75) is 18.9 Å². The van der Waals surface area contributed by atoms with Crippen LogP contribution in [0.15, 0.2) is 65.9 Å². The molecule has 1 aliphatic carbocycles. The van der Waals surface area contributed by atoms with E-state index in [0.29, 0.717) is 17.7 Å². The fourth-order valence-corrected chi connectivity index (χ4v) is 6.10. The number of fused-ring (bicyclic) bond motifs is 5. The second kappa shape index (κ2) is 7.40. The molecule has 1 saturated carbocycles. The predicted octanol–water partition coefficient (Wildman–Crippen LogP) is 4.57. The Kier molecular flexibility index (Phi) is 4.27. The average Bonchev–Trinajstić information content (AvgIpc) is 3.62. The molecule has 7 rings (SSSR count). The van der Waals surface area contributed by atoms with Crippen molar-refractivity contribution in [3.05, 3.63) is 61.4 Å². The fourth-order valence-electron chi connectivity index (χ4n) is 6.10. The Morgan fingerprint density at radius 2 is 1.83 bits per heavy atom. The van der Waals surface area contributed by atoms with Gasteiger partial charge in [0, 0.05) is 29.4 Å². The number of amides is 1. The SMILES string of the molecule is C=CC(=O)N1CC2CC(n3nc(-c4ccc5c(c4)oc4ccccc45)c4c(N)ncnc43)CC2C1. The third kappa shape index (κ3) is 2.99. The molecule has 3 aromatic heterocycles. The highest BCUT2D eigenvalue weighted by atomic mass is 16.3. The van der Waals surface area contributed by atoms with E-state index in [4.69, 9.17) is 15.2 Å². The monoisotopic (exact) mass is 464 g/mol. The van der Waals surface area contributed by atoms with E-state index >= 15 is 0 Å². The van der Waals surface area contributed by atoms with Crippen LogP contribution in [0, 0.1) is 11.8 Å². The highest BCUT2D eigenvalue weighted by Gasteiger charge is 2.43. The van der Waals surface area contributed by atoms with Crippen molar-refractivity contribution >= 4 is 44.7 Å². The first-order valence-electron chi connectivity index (χ1n) is 11.9. The first-order chi connectivity index (χ1) is 17.1. The summed E-state index contributed by atoms with van der Waals surface area (Å²) in [6, 6.07) is 14.4. The van der Waals surface area contributed by atoms with Gasteiger partial charge in [-0.2, -0.15) is 5.10 Å². The van der Waals surface area contributed by atoms with Crippen LogP contribution < -0.4 is 5.73 Å². The molecule has 2 aliphatic rings. The van der Waals surface area contributed by atoms with E-state index in [1.54, 1.807) is 0 Å². The predicted molar refractivity (Wildman–Crippen MR) is 134 cm³/mol. The van der Waals surface area contributed by atoms with E-state index in [0.717, 1.165) is 70.2 Å². The Bertz CT molecular complexity index is 1640. The fraction of sp³-hybridized carbons (Fsp3) is 0.259. The quantitative estimate of drug-likeness (QED) is 0.392. The Hall–Kier alpha value is -4.20. The molecule has 35 heavy (non-hydrogen) atoms. The lowest BCUT2D eigenvalue weighted by molar-refractivity contribution is -0.125. The number of nitrogen functional groups attached to an aromatic ring is 1. The van der Waals surface area contributed by atoms with Gasteiger partial charge in [0.2, 0.25) is 5.91 Å². The molecule has 174 valence electrons. The third-order valence-electron chi connectivity index (χ3n) is 7.73. The Labute approximate surface area is 201 Å². The maximum atomic E-state index is 12.1. The van der Waals surface area contributed by atoms with E-state index < -0.39 is 0 Å². The summed E-state index contributed by atoms with van der Waals surface area (Å²) in [7, 11) is 0. The van der Waals surface area contributed by atoms with E-state index in [2.05, 4.69) is 34.7 Å². The van der Waals surface area contributed by atoms with Crippen molar-refractivity contribution < 1.29 is 9.21 Å². The lowest BCUT2D eigenvalue weighted by atomic mass is 10.0. The highest BCUT2D eigenvalue weighted by Crippen LogP contribution is 2.45. The summed E-state index contributed by atoms with van der Waals surface area (Å²) in [6.07, 6.45) is 4.81. The minimum Gasteiger partial charge on any atom is -0.456 e. The molecule has 1 amide bonds. The molecule has 0 radical (unpaired) electrons. The summed E-state index contributed by atoms with van der Waals surface area (Å²) in [4.78, 5) is 22.8. The van der Waals surface area contributed by atoms with Crippen LogP contribution in [0.2, 0.25) is 0 Å². The molecule has 4 heterocycles.